The predicted molar refractivity (Wildman–Crippen MR) is 95.0 cm³/mol. The van der Waals surface area contributed by atoms with Gasteiger partial charge in [0.2, 0.25) is 5.91 Å². The van der Waals surface area contributed by atoms with Crippen LogP contribution in [0.2, 0.25) is 5.02 Å². The second-order valence-corrected chi connectivity index (χ2v) is 6.62. The first-order chi connectivity index (χ1) is 12.0. The number of ether oxygens (including phenoxy) is 1. The summed E-state index contributed by atoms with van der Waals surface area (Å²) in [5.41, 5.74) is 1.23. The fraction of sp³-hybridized carbons (Fsp3) is 0.263. The number of rotatable bonds is 7. The van der Waals surface area contributed by atoms with E-state index < -0.39 is 18.0 Å². The summed E-state index contributed by atoms with van der Waals surface area (Å²) in [5, 5.41) is 12.2. The maximum Gasteiger partial charge on any atom is 0.341 e. The van der Waals surface area contributed by atoms with Crippen molar-refractivity contribution < 1.29 is 19.4 Å². The second kappa shape index (κ2) is 7.15. The maximum absolute atomic E-state index is 12.6. The highest BCUT2D eigenvalue weighted by Crippen LogP contribution is 2.50. The van der Waals surface area contributed by atoms with Crippen LogP contribution >= 0.6 is 11.6 Å². The first-order valence-corrected chi connectivity index (χ1v) is 8.36. The molecule has 3 rings (SSSR count). The molecule has 1 amide bonds. The second-order valence-electron chi connectivity index (χ2n) is 6.21. The minimum Gasteiger partial charge on any atom is -0.482 e. The molecule has 25 heavy (non-hydrogen) atoms. The van der Waals surface area contributed by atoms with E-state index in [1.54, 1.807) is 24.3 Å². The number of benzene rings is 2. The molecule has 2 N–H and O–H groups in total. The van der Waals surface area contributed by atoms with Crippen LogP contribution in [0.1, 0.15) is 18.4 Å². The molecule has 0 aliphatic heterocycles. The number of hydrogen-bond acceptors (Lipinski definition) is 3. The van der Waals surface area contributed by atoms with Gasteiger partial charge in [0.05, 0.1) is 5.41 Å². The predicted octanol–water partition coefficient (Wildman–Crippen LogP) is 3.76. The zero-order valence-corrected chi connectivity index (χ0v) is 14.3. The van der Waals surface area contributed by atoms with Crippen molar-refractivity contribution in [1.82, 2.24) is 0 Å². The summed E-state index contributed by atoms with van der Waals surface area (Å²) in [7, 11) is 0. The van der Waals surface area contributed by atoms with Gasteiger partial charge in [0, 0.05) is 10.7 Å². The molecule has 6 heteroatoms. The minimum absolute atomic E-state index is 0.0216. The Labute approximate surface area is 150 Å². The van der Waals surface area contributed by atoms with E-state index in [-0.39, 0.29) is 5.91 Å². The van der Waals surface area contributed by atoms with Crippen molar-refractivity contribution in [1.29, 1.82) is 0 Å². The Hall–Kier alpha value is -2.53. The molecule has 0 heterocycles. The summed E-state index contributed by atoms with van der Waals surface area (Å²) >= 11 is 6.20. The van der Waals surface area contributed by atoms with Crippen molar-refractivity contribution in [2.24, 2.45) is 5.41 Å². The third-order valence-electron chi connectivity index (χ3n) is 4.30. The maximum atomic E-state index is 12.6. The molecule has 0 unspecified atom stereocenters. The molecular formula is C19H18ClNO4. The molecule has 0 bridgehead atoms. The van der Waals surface area contributed by atoms with Crippen molar-refractivity contribution in [3.05, 3.63) is 59.1 Å². The number of aliphatic carboxylic acids is 1. The number of anilines is 1. The zero-order chi connectivity index (χ0) is 17.9. The molecule has 1 aliphatic rings. The monoisotopic (exact) mass is 359 g/mol. The van der Waals surface area contributed by atoms with Crippen molar-refractivity contribution in [2.45, 2.75) is 19.3 Å². The molecule has 0 aromatic heterocycles. The largest absolute Gasteiger partial charge is 0.482 e. The van der Waals surface area contributed by atoms with Gasteiger partial charge in [-0.3, -0.25) is 4.79 Å². The normalized spacial score (nSPS) is 14.6. The van der Waals surface area contributed by atoms with Crippen LogP contribution in [0.25, 0.3) is 0 Å². The van der Waals surface area contributed by atoms with Crippen molar-refractivity contribution in [2.75, 3.05) is 11.9 Å². The summed E-state index contributed by atoms with van der Waals surface area (Å²) in [5.74, 6) is -0.614. The molecule has 1 aliphatic carbocycles. The van der Waals surface area contributed by atoms with Gasteiger partial charge in [0.15, 0.2) is 6.61 Å². The van der Waals surface area contributed by atoms with Crippen LogP contribution in [0.15, 0.2) is 48.5 Å². The first-order valence-electron chi connectivity index (χ1n) is 7.98. The standard InChI is InChI=1S/C19H18ClNO4/c20-16-4-2-1-3-13(16)11-19(9-10-19)18(24)21-14-5-7-15(8-6-14)25-12-17(22)23/h1-8H,9-12H2,(H,21,24)(H,22,23). The number of carboxylic acid groups (broad SMARTS) is 1. The van der Waals surface area contributed by atoms with Gasteiger partial charge in [0.25, 0.3) is 0 Å². The molecule has 0 radical (unpaired) electrons. The average Bonchev–Trinajstić information content (AvgIpc) is 3.37. The molecular weight excluding hydrogens is 342 g/mol. The SMILES string of the molecule is O=C(O)COc1ccc(NC(=O)C2(Cc3ccccc3Cl)CC2)cc1. The lowest BCUT2D eigenvalue weighted by molar-refractivity contribution is -0.139. The van der Waals surface area contributed by atoms with Crippen LogP contribution in [-0.4, -0.2) is 23.6 Å². The van der Waals surface area contributed by atoms with Gasteiger partial charge < -0.3 is 15.2 Å². The van der Waals surface area contributed by atoms with E-state index in [9.17, 15) is 9.59 Å². The lowest BCUT2D eigenvalue weighted by Gasteiger charge is -2.16. The van der Waals surface area contributed by atoms with E-state index in [1.807, 2.05) is 24.3 Å². The van der Waals surface area contributed by atoms with Gasteiger partial charge in [-0.2, -0.15) is 0 Å². The van der Waals surface area contributed by atoms with E-state index in [4.69, 9.17) is 21.4 Å². The Balaban J connectivity index is 1.62. The van der Waals surface area contributed by atoms with Gasteiger partial charge in [-0.05, 0) is 55.2 Å². The molecule has 130 valence electrons. The number of halogens is 1. The Morgan fingerprint density at radius 3 is 2.40 bits per heavy atom. The Morgan fingerprint density at radius 1 is 1.12 bits per heavy atom. The van der Waals surface area contributed by atoms with E-state index >= 15 is 0 Å². The van der Waals surface area contributed by atoms with Crippen molar-refractivity contribution >= 4 is 29.2 Å². The van der Waals surface area contributed by atoms with Gasteiger partial charge in [-0.25, -0.2) is 4.79 Å². The molecule has 1 saturated carbocycles. The quantitative estimate of drug-likeness (QED) is 0.789. The number of nitrogens with one attached hydrogen (secondary N) is 1. The number of amides is 1. The lowest BCUT2D eigenvalue weighted by atomic mass is 9.95. The highest BCUT2D eigenvalue weighted by molar-refractivity contribution is 6.31. The Kier molecular flexibility index (Phi) is 4.95. The van der Waals surface area contributed by atoms with E-state index in [0.29, 0.717) is 22.9 Å². The lowest BCUT2D eigenvalue weighted by Crippen LogP contribution is -2.26. The molecule has 5 nitrogen and oxygen atoms in total. The number of carbonyl (C=O) groups excluding carboxylic acids is 1. The van der Waals surface area contributed by atoms with E-state index in [2.05, 4.69) is 5.32 Å². The molecule has 0 atom stereocenters. The average molecular weight is 360 g/mol. The highest BCUT2D eigenvalue weighted by Gasteiger charge is 2.49. The van der Waals surface area contributed by atoms with Gasteiger partial charge >= 0.3 is 5.97 Å². The number of hydrogen-bond donors (Lipinski definition) is 2. The zero-order valence-electron chi connectivity index (χ0n) is 13.5. The minimum atomic E-state index is -1.03. The summed E-state index contributed by atoms with van der Waals surface area (Å²) in [4.78, 5) is 23.1. The van der Waals surface area contributed by atoms with E-state index in [0.717, 1.165) is 18.4 Å². The molecule has 2 aromatic carbocycles. The highest BCUT2D eigenvalue weighted by atomic mass is 35.5. The Bertz CT molecular complexity index is 784. The first kappa shape index (κ1) is 17.3. The van der Waals surface area contributed by atoms with Crippen molar-refractivity contribution in [3.63, 3.8) is 0 Å². The summed E-state index contributed by atoms with van der Waals surface area (Å²) in [6.45, 7) is -0.396. The van der Waals surface area contributed by atoms with Crippen LogP contribution in [-0.2, 0) is 16.0 Å². The fourth-order valence-electron chi connectivity index (χ4n) is 2.68. The van der Waals surface area contributed by atoms with Crippen LogP contribution in [0, 0.1) is 5.41 Å². The fourth-order valence-corrected chi connectivity index (χ4v) is 2.89. The summed E-state index contributed by atoms with van der Waals surface area (Å²) < 4.78 is 5.07. The van der Waals surface area contributed by atoms with Crippen LogP contribution < -0.4 is 10.1 Å². The summed E-state index contributed by atoms with van der Waals surface area (Å²) in [6, 6.07) is 14.2. The molecule has 1 fully saturated rings. The van der Waals surface area contributed by atoms with Crippen LogP contribution in [0.3, 0.4) is 0 Å². The smallest absolute Gasteiger partial charge is 0.341 e. The Morgan fingerprint density at radius 2 is 1.80 bits per heavy atom. The number of carbonyl (C=O) groups is 2. The van der Waals surface area contributed by atoms with Crippen LogP contribution in [0.4, 0.5) is 5.69 Å². The topological polar surface area (TPSA) is 75.6 Å². The molecule has 0 saturated heterocycles. The van der Waals surface area contributed by atoms with E-state index in [1.165, 1.54) is 0 Å². The van der Waals surface area contributed by atoms with Crippen LogP contribution in [0.5, 0.6) is 5.75 Å². The third-order valence-corrected chi connectivity index (χ3v) is 4.67. The molecule has 2 aromatic rings. The summed E-state index contributed by atoms with van der Waals surface area (Å²) in [6.07, 6.45) is 2.30. The third kappa shape index (κ3) is 4.31. The van der Waals surface area contributed by atoms with Gasteiger partial charge in [0.1, 0.15) is 5.75 Å². The molecule has 0 spiro atoms. The number of carboxylic acids is 1. The van der Waals surface area contributed by atoms with Crippen molar-refractivity contribution in [3.8, 4) is 5.75 Å². The van der Waals surface area contributed by atoms with Gasteiger partial charge in [-0.1, -0.05) is 29.8 Å². The van der Waals surface area contributed by atoms with Gasteiger partial charge in [-0.15, -0.1) is 0 Å².